The van der Waals surface area contributed by atoms with Crippen LogP contribution in [-0.4, -0.2) is 7.05 Å². The third kappa shape index (κ3) is 4.99. The van der Waals surface area contributed by atoms with Crippen LogP contribution in [0.4, 0.5) is 0 Å². The molecule has 3 heteroatoms. The third-order valence-electron chi connectivity index (χ3n) is 2.91. The molecular formula is C14H24ClNS. The van der Waals surface area contributed by atoms with Crippen LogP contribution in [0.25, 0.3) is 0 Å². The van der Waals surface area contributed by atoms with E-state index in [0.29, 0.717) is 17.4 Å². The molecule has 1 heterocycles. The number of hydrogen-bond acceptors (Lipinski definition) is 2. The molecule has 0 aromatic carbocycles. The van der Waals surface area contributed by atoms with E-state index in [-0.39, 0.29) is 0 Å². The second kappa shape index (κ2) is 6.21. The highest BCUT2D eigenvalue weighted by Gasteiger charge is 2.21. The van der Waals surface area contributed by atoms with Crippen molar-refractivity contribution in [3.8, 4) is 0 Å². The highest BCUT2D eigenvalue weighted by atomic mass is 35.5. The van der Waals surface area contributed by atoms with Gasteiger partial charge in [-0.25, -0.2) is 0 Å². The maximum absolute atomic E-state index is 6.20. The topological polar surface area (TPSA) is 12.0 Å². The number of halogens is 1. The molecule has 0 radical (unpaired) electrons. The van der Waals surface area contributed by atoms with Gasteiger partial charge in [-0.05, 0) is 42.7 Å². The first-order chi connectivity index (χ1) is 7.83. The van der Waals surface area contributed by atoms with Crippen molar-refractivity contribution < 1.29 is 0 Å². The van der Waals surface area contributed by atoms with Crippen molar-refractivity contribution in [2.75, 3.05) is 7.05 Å². The second-order valence-electron chi connectivity index (χ2n) is 6.08. The Morgan fingerprint density at radius 1 is 1.41 bits per heavy atom. The Balaban J connectivity index is 2.62. The minimum atomic E-state index is 0.389. The van der Waals surface area contributed by atoms with Crippen molar-refractivity contribution in [3.05, 3.63) is 21.3 Å². The molecule has 0 saturated heterocycles. The Hall–Kier alpha value is -0.0500. The van der Waals surface area contributed by atoms with E-state index in [4.69, 9.17) is 11.6 Å². The fourth-order valence-electron chi connectivity index (χ4n) is 2.44. The molecule has 1 rings (SSSR count). The van der Waals surface area contributed by atoms with Gasteiger partial charge < -0.3 is 5.32 Å². The van der Waals surface area contributed by atoms with Crippen LogP contribution < -0.4 is 5.32 Å². The molecule has 0 fully saturated rings. The summed E-state index contributed by atoms with van der Waals surface area (Å²) in [5.41, 5.74) is 0.400. The highest BCUT2D eigenvalue weighted by molar-refractivity contribution is 7.10. The smallest absolute Gasteiger partial charge is 0.0561 e. The normalized spacial score (nSPS) is 15.9. The van der Waals surface area contributed by atoms with Crippen LogP contribution in [0.1, 0.15) is 51.5 Å². The average Bonchev–Trinajstić information content (AvgIpc) is 2.58. The summed E-state index contributed by atoms with van der Waals surface area (Å²) in [6.07, 6.45) is 2.39. The lowest BCUT2D eigenvalue weighted by molar-refractivity contribution is 0.280. The third-order valence-corrected chi connectivity index (χ3v) is 4.38. The summed E-state index contributed by atoms with van der Waals surface area (Å²) >= 11 is 7.95. The molecule has 0 spiro atoms. The van der Waals surface area contributed by atoms with Gasteiger partial charge in [-0.15, -0.1) is 11.3 Å². The Kier molecular flexibility index (Phi) is 5.49. The first kappa shape index (κ1) is 15.0. The van der Waals surface area contributed by atoms with Crippen LogP contribution in [0.5, 0.6) is 0 Å². The van der Waals surface area contributed by atoms with Gasteiger partial charge in [-0.1, -0.05) is 39.3 Å². The molecule has 98 valence electrons. The predicted octanol–water partition coefficient (Wildman–Crippen LogP) is 5.12. The van der Waals surface area contributed by atoms with Gasteiger partial charge in [0.1, 0.15) is 0 Å². The van der Waals surface area contributed by atoms with Gasteiger partial charge in [0.2, 0.25) is 0 Å². The monoisotopic (exact) mass is 273 g/mol. The van der Waals surface area contributed by atoms with Crippen LogP contribution in [0, 0.1) is 11.3 Å². The lowest BCUT2D eigenvalue weighted by atomic mass is 9.83. The van der Waals surface area contributed by atoms with E-state index >= 15 is 0 Å². The van der Waals surface area contributed by atoms with Crippen LogP contribution >= 0.6 is 22.9 Å². The van der Waals surface area contributed by atoms with Gasteiger partial charge in [0.15, 0.2) is 0 Å². The fraction of sp³-hybridized carbons (Fsp3) is 0.714. The molecule has 0 saturated carbocycles. The van der Waals surface area contributed by atoms with E-state index in [1.807, 2.05) is 13.1 Å². The number of hydrogen-bond donors (Lipinski definition) is 1. The van der Waals surface area contributed by atoms with Crippen molar-refractivity contribution in [2.24, 2.45) is 11.3 Å². The molecule has 2 atom stereocenters. The summed E-state index contributed by atoms with van der Waals surface area (Å²) in [5.74, 6) is 0.700. The van der Waals surface area contributed by atoms with E-state index in [0.717, 1.165) is 11.4 Å². The molecule has 0 aliphatic heterocycles. The molecule has 2 unspecified atom stereocenters. The van der Waals surface area contributed by atoms with Crippen LogP contribution in [0.3, 0.4) is 0 Å². The van der Waals surface area contributed by atoms with Crippen LogP contribution in [-0.2, 0) is 0 Å². The van der Waals surface area contributed by atoms with E-state index in [2.05, 4.69) is 38.4 Å². The summed E-state index contributed by atoms with van der Waals surface area (Å²) in [7, 11) is 2.02. The predicted molar refractivity (Wildman–Crippen MR) is 79.0 cm³/mol. The summed E-state index contributed by atoms with van der Waals surface area (Å²) < 4.78 is 0. The average molecular weight is 274 g/mol. The van der Waals surface area contributed by atoms with Gasteiger partial charge in [-0.3, -0.25) is 0 Å². The Bertz CT molecular complexity index is 340. The van der Waals surface area contributed by atoms with Crippen LogP contribution in [0.2, 0.25) is 5.02 Å². The van der Waals surface area contributed by atoms with Crippen molar-refractivity contribution in [1.29, 1.82) is 0 Å². The maximum atomic E-state index is 6.20. The summed E-state index contributed by atoms with van der Waals surface area (Å²) in [6, 6.07) is 2.38. The number of thiophene rings is 1. The van der Waals surface area contributed by atoms with E-state index in [9.17, 15) is 0 Å². The number of rotatable bonds is 5. The summed E-state index contributed by atoms with van der Waals surface area (Å²) in [4.78, 5) is 1.27. The number of nitrogens with one attached hydrogen (secondary N) is 1. The zero-order valence-electron chi connectivity index (χ0n) is 11.5. The van der Waals surface area contributed by atoms with Gasteiger partial charge >= 0.3 is 0 Å². The molecule has 0 amide bonds. The zero-order chi connectivity index (χ0) is 13.1. The second-order valence-corrected chi connectivity index (χ2v) is 7.43. The molecule has 1 aromatic rings. The van der Waals surface area contributed by atoms with Crippen LogP contribution in [0.15, 0.2) is 11.4 Å². The molecule has 1 aromatic heterocycles. The molecule has 0 aliphatic carbocycles. The summed E-state index contributed by atoms with van der Waals surface area (Å²) in [5, 5.41) is 6.35. The van der Waals surface area contributed by atoms with E-state index < -0.39 is 0 Å². The quantitative estimate of drug-likeness (QED) is 0.785. The van der Waals surface area contributed by atoms with Crippen molar-refractivity contribution in [3.63, 3.8) is 0 Å². The van der Waals surface area contributed by atoms with E-state index in [1.165, 1.54) is 11.3 Å². The van der Waals surface area contributed by atoms with Crippen molar-refractivity contribution >= 4 is 22.9 Å². The van der Waals surface area contributed by atoms with Gasteiger partial charge in [0.25, 0.3) is 0 Å². The molecular weight excluding hydrogens is 250 g/mol. The Labute approximate surface area is 115 Å². The largest absolute Gasteiger partial charge is 0.312 e. The van der Waals surface area contributed by atoms with Gasteiger partial charge in [-0.2, -0.15) is 0 Å². The maximum Gasteiger partial charge on any atom is 0.0561 e. The Morgan fingerprint density at radius 2 is 2.06 bits per heavy atom. The first-order valence-corrected chi connectivity index (χ1v) is 7.49. The SMILES string of the molecule is CNC(CC(C)CC(C)(C)C)c1sccc1Cl. The standard InChI is InChI=1S/C14H24ClNS/c1-10(9-14(2,3)4)8-12(16-5)13-11(15)6-7-17-13/h6-7,10,12,16H,8-9H2,1-5H3. The minimum Gasteiger partial charge on any atom is -0.312 e. The molecule has 1 N–H and O–H groups in total. The molecule has 0 bridgehead atoms. The lowest BCUT2D eigenvalue weighted by Crippen LogP contribution is -2.20. The first-order valence-electron chi connectivity index (χ1n) is 6.23. The fourth-order valence-corrected chi connectivity index (χ4v) is 3.75. The highest BCUT2D eigenvalue weighted by Crippen LogP contribution is 2.35. The van der Waals surface area contributed by atoms with Crippen molar-refractivity contribution in [2.45, 2.75) is 46.6 Å². The minimum absolute atomic E-state index is 0.389. The van der Waals surface area contributed by atoms with Gasteiger partial charge in [0.05, 0.1) is 5.02 Å². The molecule has 17 heavy (non-hydrogen) atoms. The molecule has 0 aliphatic rings. The molecule has 1 nitrogen and oxygen atoms in total. The Morgan fingerprint density at radius 3 is 2.47 bits per heavy atom. The zero-order valence-corrected chi connectivity index (χ0v) is 13.1. The summed E-state index contributed by atoms with van der Waals surface area (Å²) in [6.45, 7) is 9.24. The van der Waals surface area contributed by atoms with E-state index in [1.54, 1.807) is 11.3 Å². The lowest BCUT2D eigenvalue weighted by Gasteiger charge is -2.26. The van der Waals surface area contributed by atoms with Crippen molar-refractivity contribution in [1.82, 2.24) is 5.32 Å². The van der Waals surface area contributed by atoms with Gasteiger partial charge in [0, 0.05) is 10.9 Å².